The molecule has 0 fully saturated rings. The van der Waals surface area contributed by atoms with Gasteiger partial charge in [-0.2, -0.15) is 0 Å². The van der Waals surface area contributed by atoms with Crippen LogP contribution in [0.15, 0.2) is 76.5 Å². The molecule has 1 N–H and O–H groups in total. The van der Waals surface area contributed by atoms with Crippen molar-refractivity contribution in [2.45, 2.75) is 17.9 Å². The van der Waals surface area contributed by atoms with E-state index in [0.29, 0.717) is 34.3 Å². The molecule has 3 aromatic carbocycles. The molecule has 31 heavy (non-hydrogen) atoms. The number of hydrogen-bond acceptors (Lipinski definition) is 3. The minimum Gasteiger partial charge on any atom is -0.334 e. The average Bonchev–Trinajstić information content (AvgIpc) is 2.80. The predicted molar refractivity (Wildman–Crippen MR) is 125 cm³/mol. The van der Waals surface area contributed by atoms with Crippen molar-refractivity contribution in [2.24, 2.45) is 0 Å². The quantitative estimate of drug-likeness (QED) is 0.519. The molecule has 4 nitrogen and oxygen atoms in total. The first kappa shape index (κ1) is 19.9. The minimum absolute atomic E-state index is 0.0195. The van der Waals surface area contributed by atoms with Crippen molar-refractivity contribution in [1.82, 2.24) is 4.90 Å². The van der Waals surface area contributed by atoms with Crippen LogP contribution in [0.4, 0.5) is 5.69 Å². The Hall–Kier alpha value is -3.02. The van der Waals surface area contributed by atoms with Crippen molar-refractivity contribution in [2.75, 3.05) is 11.9 Å². The molecule has 154 valence electrons. The van der Waals surface area contributed by atoms with Gasteiger partial charge in [-0.1, -0.05) is 65.8 Å². The first-order chi connectivity index (χ1) is 15.1. The van der Waals surface area contributed by atoms with Crippen LogP contribution in [-0.4, -0.2) is 23.3 Å². The van der Waals surface area contributed by atoms with Crippen molar-refractivity contribution < 1.29 is 9.59 Å². The van der Waals surface area contributed by atoms with Crippen molar-refractivity contribution in [3.63, 3.8) is 0 Å². The molecule has 0 unspecified atom stereocenters. The Morgan fingerprint density at radius 3 is 2.65 bits per heavy atom. The van der Waals surface area contributed by atoms with Crippen LogP contribution in [0.1, 0.15) is 27.0 Å². The molecule has 0 bridgehead atoms. The van der Waals surface area contributed by atoms with Crippen molar-refractivity contribution in [1.29, 1.82) is 0 Å². The summed E-state index contributed by atoms with van der Waals surface area (Å²) in [5, 5.41) is 3.52. The SMILES string of the molecule is O=C1Nc2cc(C(=O)N3CCc4ccccc4C3)ccc2SC1=Cc1ccccc1Cl. The van der Waals surface area contributed by atoms with E-state index >= 15 is 0 Å². The zero-order valence-corrected chi connectivity index (χ0v) is 18.2. The van der Waals surface area contributed by atoms with Gasteiger partial charge in [0.05, 0.1) is 10.6 Å². The number of hydrogen-bond donors (Lipinski definition) is 1. The number of carbonyl (C=O) groups is 2. The summed E-state index contributed by atoms with van der Waals surface area (Å²) < 4.78 is 0. The van der Waals surface area contributed by atoms with E-state index in [4.69, 9.17) is 11.6 Å². The van der Waals surface area contributed by atoms with Crippen molar-refractivity contribution in [3.05, 3.63) is 98.9 Å². The Labute approximate surface area is 189 Å². The Morgan fingerprint density at radius 1 is 1.03 bits per heavy atom. The van der Waals surface area contributed by atoms with Crippen LogP contribution in [0.3, 0.4) is 0 Å². The molecular formula is C25H19ClN2O2S. The molecule has 0 saturated heterocycles. The average molecular weight is 447 g/mol. The highest BCUT2D eigenvalue weighted by Crippen LogP contribution is 2.40. The second kappa shape index (κ2) is 8.25. The first-order valence-corrected chi connectivity index (χ1v) is 11.2. The Balaban J connectivity index is 1.37. The molecule has 2 aliphatic rings. The van der Waals surface area contributed by atoms with Crippen LogP contribution in [0.25, 0.3) is 6.08 Å². The minimum atomic E-state index is -0.200. The number of thioether (sulfide) groups is 1. The van der Waals surface area contributed by atoms with Gasteiger partial charge in [0.1, 0.15) is 0 Å². The van der Waals surface area contributed by atoms with Crippen LogP contribution in [0, 0.1) is 0 Å². The molecular weight excluding hydrogens is 428 g/mol. The van der Waals surface area contributed by atoms with E-state index in [1.54, 1.807) is 18.2 Å². The van der Waals surface area contributed by atoms with Gasteiger partial charge in [-0.3, -0.25) is 9.59 Å². The third-order valence-electron chi connectivity index (χ3n) is 5.53. The van der Waals surface area contributed by atoms with Crippen molar-refractivity contribution >= 4 is 46.9 Å². The lowest BCUT2D eigenvalue weighted by atomic mass is 9.99. The normalized spacial score (nSPS) is 16.5. The summed E-state index contributed by atoms with van der Waals surface area (Å²) in [5.41, 5.74) is 4.53. The highest BCUT2D eigenvalue weighted by atomic mass is 35.5. The highest BCUT2D eigenvalue weighted by molar-refractivity contribution is 8.04. The fourth-order valence-corrected chi connectivity index (χ4v) is 4.99. The molecule has 2 aliphatic heterocycles. The molecule has 0 saturated carbocycles. The molecule has 0 aromatic heterocycles. The number of amides is 2. The molecule has 3 aromatic rings. The lowest BCUT2D eigenvalue weighted by molar-refractivity contribution is -0.112. The highest BCUT2D eigenvalue weighted by Gasteiger charge is 2.25. The Bertz CT molecular complexity index is 1240. The van der Waals surface area contributed by atoms with Crippen LogP contribution in [0.2, 0.25) is 5.02 Å². The van der Waals surface area contributed by atoms with E-state index in [-0.39, 0.29) is 11.8 Å². The summed E-state index contributed by atoms with van der Waals surface area (Å²) in [5.74, 6) is -0.220. The predicted octanol–water partition coefficient (Wildman–Crippen LogP) is 5.62. The van der Waals surface area contributed by atoms with Gasteiger partial charge in [-0.05, 0) is 53.5 Å². The van der Waals surface area contributed by atoms with Crippen LogP contribution < -0.4 is 5.32 Å². The van der Waals surface area contributed by atoms with Gasteiger partial charge in [-0.25, -0.2) is 0 Å². The summed E-state index contributed by atoms with van der Waals surface area (Å²) in [6, 6.07) is 21.1. The molecule has 0 atom stereocenters. The van der Waals surface area contributed by atoms with Gasteiger partial charge in [0.2, 0.25) is 0 Å². The van der Waals surface area contributed by atoms with E-state index in [2.05, 4.69) is 17.4 Å². The summed E-state index contributed by atoms with van der Waals surface area (Å²) >= 11 is 7.61. The molecule has 0 radical (unpaired) electrons. The van der Waals surface area contributed by atoms with Crippen LogP contribution >= 0.6 is 23.4 Å². The van der Waals surface area contributed by atoms with Crippen LogP contribution in [-0.2, 0) is 17.8 Å². The second-order valence-corrected chi connectivity index (χ2v) is 9.03. The number of nitrogens with one attached hydrogen (secondary N) is 1. The molecule has 2 amide bonds. The largest absolute Gasteiger partial charge is 0.334 e. The maximum atomic E-state index is 13.1. The zero-order valence-electron chi connectivity index (χ0n) is 16.6. The zero-order chi connectivity index (χ0) is 21.4. The summed E-state index contributed by atoms with van der Waals surface area (Å²) in [6.07, 6.45) is 2.64. The Kier molecular flexibility index (Phi) is 5.30. The Morgan fingerprint density at radius 2 is 1.81 bits per heavy atom. The number of nitrogens with zero attached hydrogens (tertiary/aromatic N) is 1. The third-order valence-corrected chi connectivity index (χ3v) is 6.97. The second-order valence-electron chi connectivity index (χ2n) is 7.54. The monoisotopic (exact) mass is 446 g/mol. The lowest BCUT2D eigenvalue weighted by Gasteiger charge is -2.29. The molecule has 6 heteroatoms. The number of fused-ring (bicyclic) bond motifs is 2. The summed E-state index contributed by atoms with van der Waals surface area (Å²) in [6.45, 7) is 1.30. The van der Waals surface area contributed by atoms with E-state index in [1.807, 2.05) is 47.4 Å². The molecule has 5 rings (SSSR count). The maximum Gasteiger partial charge on any atom is 0.262 e. The molecule has 0 aliphatic carbocycles. The van der Waals surface area contributed by atoms with Gasteiger partial charge >= 0.3 is 0 Å². The summed E-state index contributed by atoms with van der Waals surface area (Å²) in [7, 11) is 0. The van der Waals surface area contributed by atoms with E-state index in [0.717, 1.165) is 16.9 Å². The fraction of sp³-hybridized carbons (Fsp3) is 0.120. The molecule has 0 spiro atoms. The third kappa shape index (κ3) is 3.99. The topological polar surface area (TPSA) is 49.4 Å². The van der Waals surface area contributed by atoms with Gasteiger partial charge in [0.25, 0.3) is 11.8 Å². The standard InChI is InChI=1S/C25H19ClN2O2S/c26-20-8-4-3-6-17(20)14-23-24(29)27-21-13-18(9-10-22(21)31-23)25(30)28-12-11-16-5-1-2-7-19(16)15-28/h1-10,13-14H,11-12,15H2,(H,27,29). The van der Waals surface area contributed by atoms with Gasteiger partial charge in [0.15, 0.2) is 0 Å². The van der Waals surface area contributed by atoms with Gasteiger partial charge < -0.3 is 10.2 Å². The fourth-order valence-electron chi connectivity index (χ4n) is 3.88. The molecule has 2 heterocycles. The smallest absolute Gasteiger partial charge is 0.262 e. The van der Waals surface area contributed by atoms with E-state index < -0.39 is 0 Å². The van der Waals surface area contributed by atoms with Gasteiger partial charge in [-0.15, -0.1) is 0 Å². The number of anilines is 1. The van der Waals surface area contributed by atoms with Gasteiger partial charge in [0, 0.05) is 28.6 Å². The van der Waals surface area contributed by atoms with E-state index in [9.17, 15) is 9.59 Å². The first-order valence-electron chi connectivity index (χ1n) is 10.0. The maximum absolute atomic E-state index is 13.1. The summed E-state index contributed by atoms with van der Waals surface area (Å²) in [4.78, 5) is 29.1. The van der Waals surface area contributed by atoms with Crippen LogP contribution in [0.5, 0.6) is 0 Å². The number of rotatable bonds is 2. The number of benzene rings is 3. The number of halogens is 1. The lowest BCUT2D eigenvalue weighted by Crippen LogP contribution is -2.36. The number of carbonyl (C=O) groups excluding carboxylic acids is 2. The van der Waals surface area contributed by atoms with Crippen molar-refractivity contribution in [3.8, 4) is 0 Å². The van der Waals surface area contributed by atoms with E-state index in [1.165, 1.54) is 22.9 Å².